The van der Waals surface area contributed by atoms with Crippen LogP contribution in [-0.4, -0.2) is 35.3 Å². The molecule has 2 aromatic carbocycles. The first-order valence-electron chi connectivity index (χ1n) is 11.4. The van der Waals surface area contributed by atoms with Crippen molar-refractivity contribution in [3.8, 4) is 6.07 Å². The number of aromatic nitrogens is 2. The third-order valence-electron chi connectivity index (χ3n) is 6.30. The van der Waals surface area contributed by atoms with Gasteiger partial charge in [-0.15, -0.1) is 11.3 Å². The number of rotatable bonds is 7. The highest BCUT2D eigenvalue weighted by Gasteiger charge is 2.37. The van der Waals surface area contributed by atoms with Gasteiger partial charge in [-0.25, -0.2) is 13.4 Å². The van der Waals surface area contributed by atoms with Crippen LogP contribution in [0.4, 0.5) is 5.69 Å². The molecule has 7 nitrogen and oxygen atoms in total. The zero-order valence-electron chi connectivity index (χ0n) is 19.0. The lowest BCUT2D eigenvalue weighted by atomic mass is 10.0. The van der Waals surface area contributed by atoms with Crippen LogP contribution in [0.25, 0.3) is 0 Å². The van der Waals surface area contributed by atoms with Crippen molar-refractivity contribution in [2.75, 3.05) is 11.4 Å². The second-order valence-corrected chi connectivity index (χ2v) is 11.6. The summed E-state index contributed by atoms with van der Waals surface area (Å²) in [5.74, 6) is 0. The van der Waals surface area contributed by atoms with Gasteiger partial charge in [-0.1, -0.05) is 36.4 Å². The van der Waals surface area contributed by atoms with Crippen molar-refractivity contribution in [3.63, 3.8) is 0 Å². The molecule has 35 heavy (non-hydrogen) atoms. The lowest BCUT2D eigenvalue weighted by Gasteiger charge is -2.31. The number of aromatic amines is 1. The van der Waals surface area contributed by atoms with Gasteiger partial charge in [0.15, 0.2) is 0 Å². The predicted molar refractivity (Wildman–Crippen MR) is 136 cm³/mol. The number of hydrogen-bond donors (Lipinski definition) is 1. The molecule has 1 aliphatic heterocycles. The minimum absolute atomic E-state index is 0.212. The summed E-state index contributed by atoms with van der Waals surface area (Å²) in [6.07, 6.45) is 4.87. The number of sulfonamides is 1. The third kappa shape index (κ3) is 5.00. The van der Waals surface area contributed by atoms with Crippen LogP contribution in [0.15, 0.2) is 82.8 Å². The Hall–Kier alpha value is -3.45. The molecule has 4 aromatic rings. The van der Waals surface area contributed by atoms with E-state index in [-0.39, 0.29) is 12.6 Å². The summed E-state index contributed by atoms with van der Waals surface area (Å²) in [6.45, 7) is 1.30. The van der Waals surface area contributed by atoms with E-state index >= 15 is 0 Å². The summed E-state index contributed by atoms with van der Waals surface area (Å²) in [6, 6.07) is 21.0. The number of anilines is 1. The Labute approximate surface area is 209 Å². The smallest absolute Gasteiger partial charge is 0.253 e. The quantitative estimate of drug-likeness (QED) is 0.399. The molecule has 0 radical (unpaired) electrons. The van der Waals surface area contributed by atoms with Crippen molar-refractivity contribution >= 4 is 27.0 Å². The number of hydrogen-bond acceptors (Lipinski definition) is 6. The van der Waals surface area contributed by atoms with Crippen LogP contribution in [0.1, 0.15) is 28.8 Å². The molecular formula is C26H25N5O2S2. The predicted octanol–water partition coefficient (Wildman–Crippen LogP) is 4.56. The topological polar surface area (TPSA) is 93.1 Å². The molecule has 0 bridgehead atoms. The molecule has 3 heterocycles. The highest BCUT2D eigenvalue weighted by atomic mass is 32.2. The Bertz CT molecular complexity index is 1410. The van der Waals surface area contributed by atoms with E-state index in [9.17, 15) is 13.7 Å². The van der Waals surface area contributed by atoms with Crippen molar-refractivity contribution in [2.24, 2.45) is 0 Å². The van der Waals surface area contributed by atoms with Crippen LogP contribution in [0.2, 0.25) is 0 Å². The first-order chi connectivity index (χ1) is 17.0. The van der Waals surface area contributed by atoms with Gasteiger partial charge < -0.3 is 9.88 Å². The largest absolute Gasteiger partial charge is 0.364 e. The minimum Gasteiger partial charge on any atom is -0.364 e. The van der Waals surface area contributed by atoms with Crippen LogP contribution in [0.5, 0.6) is 0 Å². The average molecular weight is 504 g/mol. The molecule has 0 fully saturated rings. The van der Waals surface area contributed by atoms with Crippen molar-refractivity contribution in [1.29, 1.82) is 5.26 Å². The highest BCUT2D eigenvalue weighted by Crippen LogP contribution is 2.34. The number of aryl methyl sites for hydroxylation is 1. The Balaban J connectivity index is 1.57. The summed E-state index contributed by atoms with van der Waals surface area (Å²) in [4.78, 5) is 9.50. The van der Waals surface area contributed by atoms with E-state index in [1.54, 1.807) is 40.4 Å². The molecule has 2 aromatic heterocycles. The van der Waals surface area contributed by atoms with Crippen LogP contribution < -0.4 is 4.90 Å². The molecule has 1 aliphatic rings. The standard InChI is InChI=1S/C26H25N5O2S2/c27-14-21-9-11-25-22(13-21)16-31(35(32,33)26-7-4-12-34-26)24(10-8-20-5-2-1-3-6-20)18-30(25)17-23-15-28-19-29-23/h1-7,9,11-13,15,19,24H,8,10,16-18H2,(H,28,29). The van der Waals surface area contributed by atoms with Crippen molar-refractivity contribution in [2.45, 2.75) is 36.2 Å². The van der Waals surface area contributed by atoms with E-state index in [2.05, 4.69) is 33.1 Å². The van der Waals surface area contributed by atoms with E-state index in [0.29, 0.717) is 29.3 Å². The number of nitrogens with zero attached hydrogens (tertiary/aromatic N) is 4. The fraction of sp³-hybridized carbons (Fsp3) is 0.231. The zero-order chi connectivity index (χ0) is 24.3. The van der Waals surface area contributed by atoms with Gasteiger partial charge in [0, 0.05) is 31.0 Å². The summed E-state index contributed by atoms with van der Waals surface area (Å²) in [5, 5.41) is 11.3. The maximum absolute atomic E-state index is 13.8. The lowest BCUT2D eigenvalue weighted by Crippen LogP contribution is -2.44. The highest BCUT2D eigenvalue weighted by molar-refractivity contribution is 7.91. The van der Waals surface area contributed by atoms with Gasteiger partial charge >= 0.3 is 0 Å². The van der Waals surface area contributed by atoms with Crippen LogP contribution in [-0.2, 0) is 29.5 Å². The zero-order valence-corrected chi connectivity index (χ0v) is 20.7. The summed E-state index contributed by atoms with van der Waals surface area (Å²) >= 11 is 1.23. The third-order valence-corrected chi connectivity index (χ3v) is 9.57. The number of nitriles is 1. The molecule has 1 unspecified atom stereocenters. The summed E-state index contributed by atoms with van der Waals surface area (Å²) in [7, 11) is -3.72. The van der Waals surface area contributed by atoms with Crippen molar-refractivity contribution < 1.29 is 8.42 Å². The molecule has 0 saturated carbocycles. The maximum atomic E-state index is 13.8. The number of thiophene rings is 1. The Morgan fingerprint density at radius 2 is 2.00 bits per heavy atom. The molecule has 0 saturated heterocycles. The molecule has 0 spiro atoms. The maximum Gasteiger partial charge on any atom is 0.253 e. The van der Waals surface area contributed by atoms with E-state index in [0.717, 1.165) is 23.4 Å². The Morgan fingerprint density at radius 1 is 1.14 bits per heavy atom. The number of H-pyrrole nitrogens is 1. The van der Waals surface area contributed by atoms with Gasteiger partial charge in [-0.2, -0.15) is 9.57 Å². The number of nitrogens with one attached hydrogen (secondary N) is 1. The van der Waals surface area contributed by atoms with Crippen molar-refractivity contribution in [1.82, 2.24) is 14.3 Å². The normalized spacial score (nSPS) is 16.4. The molecular weight excluding hydrogens is 478 g/mol. The van der Waals surface area contributed by atoms with Gasteiger partial charge in [-0.05, 0) is 53.6 Å². The molecule has 0 aliphatic carbocycles. The Morgan fingerprint density at radius 3 is 2.71 bits per heavy atom. The lowest BCUT2D eigenvalue weighted by molar-refractivity contribution is 0.306. The monoisotopic (exact) mass is 503 g/mol. The van der Waals surface area contributed by atoms with E-state index in [4.69, 9.17) is 0 Å². The van der Waals surface area contributed by atoms with Gasteiger partial charge in [0.25, 0.3) is 10.0 Å². The van der Waals surface area contributed by atoms with Gasteiger partial charge in [0.1, 0.15) is 4.21 Å². The molecule has 9 heteroatoms. The molecule has 5 rings (SSSR count). The van der Waals surface area contributed by atoms with E-state index in [1.807, 2.05) is 30.3 Å². The number of imidazole rings is 1. The molecule has 0 amide bonds. The molecule has 1 atom stereocenters. The fourth-order valence-corrected chi connectivity index (χ4v) is 7.32. The minimum atomic E-state index is -3.72. The molecule has 1 N–H and O–H groups in total. The Kier molecular flexibility index (Phi) is 6.68. The van der Waals surface area contributed by atoms with E-state index in [1.165, 1.54) is 16.9 Å². The summed E-state index contributed by atoms with van der Waals surface area (Å²) in [5.41, 5.74) is 4.39. The number of fused-ring (bicyclic) bond motifs is 1. The fourth-order valence-electron chi connectivity index (χ4n) is 4.58. The van der Waals surface area contributed by atoms with Crippen LogP contribution >= 0.6 is 11.3 Å². The number of benzene rings is 2. The van der Waals surface area contributed by atoms with Crippen LogP contribution in [0, 0.1) is 11.3 Å². The van der Waals surface area contributed by atoms with Gasteiger partial charge in [-0.3, -0.25) is 0 Å². The van der Waals surface area contributed by atoms with E-state index < -0.39 is 10.0 Å². The van der Waals surface area contributed by atoms with Crippen LogP contribution in [0.3, 0.4) is 0 Å². The first-order valence-corrected chi connectivity index (χ1v) is 13.7. The second kappa shape index (κ2) is 10.0. The van der Waals surface area contributed by atoms with Crippen molar-refractivity contribution in [3.05, 3.63) is 101 Å². The van der Waals surface area contributed by atoms with Gasteiger partial charge in [0.05, 0.1) is 30.2 Å². The second-order valence-electron chi connectivity index (χ2n) is 8.57. The summed E-state index contributed by atoms with van der Waals surface area (Å²) < 4.78 is 29.7. The average Bonchev–Trinajstić information content (AvgIpc) is 3.58. The first kappa shape index (κ1) is 23.3. The van der Waals surface area contributed by atoms with Gasteiger partial charge in [0.2, 0.25) is 0 Å². The molecule has 178 valence electrons. The SMILES string of the molecule is N#Cc1ccc2c(c1)CN(S(=O)(=O)c1cccs1)C(CCc1ccccc1)CN2Cc1cnc[nH]1.